The Hall–Kier alpha value is -12.4. The Balaban J connectivity index is 0.763. The molecule has 0 aliphatic rings. The van der Waals surface area contributed by atoms with Crippen LogP contribution in [0.2, 0.25) is 0 Å². The maximum atomic E-state index is 2.54. The van der Waals surface area contributed by atoms with Crippen LogP contribution in [0.4, 0.5) is 34.1 Å². The molecule has 0 atom stereocenters. The molecule has 0 aromatic heterocycles. The molecule has 0 saturated carbocycles. The van der Waals surface area contributed by atoms with Gasteiger partial charge in [-0.15, -0.1) is 0 Å². The molecule has 16 aromatic carbocycles. The summed E-state index contributed by atoms with van der Waals surface area (Å²) >= 11 is 0. The summed E-state index contributed by atoms with van der Waals surface area (Å²) in [6.45, 7) is 45.0. The first-order valence-electron chi connectivity index (χ1n) is 44.1. The van der Waals surface area contributed by atoms with Crippen molar-refractivity contribution in [1.82, 2.24) is 0 Å². The average molecular weight is 1590 g/mol. The van der Waals surface area contributed by atoms with Gasteiger partial charge >= 0.3 is 0 Å². The fourth-order valence-corrected chi connectivity index (χ4v) is 17.9. The average Bonchev–Trinajstić information content (AvgIpc) is 0.745. The van der Waals surface area contributed by atoms with Crippen LogP contribution < -0.4 is 9.80 Å². The molecule has 16 rings (SSSR count). The Kier molecular flexibility index (Phi) is 22.5. The van der Waals surface area contributed by atoms with Crippen LogP contribution in [0.5, 0.6) is 0 Å². The highest BCUT2D eigenvalue weighted by Crippen LogP contribution is 2.52. The van der Waals surface area contributed by atoms with Gasteiger partial charge in [-0.25, -0.2) is 0 Å². The van der Waals surface area contributed by atoms with Gasteiger partial charge in [0.15, 0.2) is 0 Å². The summed E-state index contributed by atoms with van der Waals surface area (Å²) in [7, 11) is 0. The lowest BCUT2D eigenvalue weighted by atomic mass is 9.71. The van der Waals surface area contributed by atoms with Crippen molar-refractivity contribution in [1.29, 1.82) is 0 Å². The predicted octanol–water partition coefficient (Wildman–Crippen LogP) is 34.8. The molecule has 16 aromatic rings. The van der Waals surface area contributed by atoms with E-state index in [1.54, 1.807) is 0 Å². The van der Waals surface area contributed by atoms with Crippen LogP contribution in [0.1, 0.15) is 183 Å². The largest absolute Gasteiger partial charge is 0.310 e. The third-order valence-electron chi connectivity index (χ3n) is 25.6. The SMILES string of the molecule is CC(C)(C)c1cc(-c2ccccc2N(c2ccccc2)c2ccccc2-c2cccc3cccc(-c4cc(C(C)(C)C)cc(C(C)(C)CCC(C)(C)c5ccc(N(c6ccc(-c7ccc(-c8ccccc8)c(-c8ccccc8)c7)cc6)c6ccccc6-c6cccc7cccc(-c8cc(C(C)(C)C)cc(C(C)(C)C)c8)c67)cc5)c4)c23)cc(C(C)(C)C)c1. The van der Waals surface area contributed by atoms with E-state index in [9.17, 15) is 0 Å². The number of fused-ring (bicyclic) bond motifs is 2. The van der Waals surface area contributed by atoms with Gasteiger partial charge in [0.05, 0.1) is 17.1 Å². The second-order valence-corrected chi connectivity index (χ2v) is 40.5. The van der Waals surface area contributed by atoms with Gasteiger partial charge in [-0.1, -0.05) is 429 Å². The lowest BCUT2D eigenvalue weighted by Gasteiger charge is -2.34. The number of hydrogen-bond acceptors (Lipinski definition) is 2. The summed E-state index contributed by atoms with van der Waals surface area (Å²) in [4.78, 5) is 5.00. The molecule has 0 aliphatic heterocycles. The van der Waals surface area contributed by atoms with Crippen LogP contribution in [-0.4, -0.2) is 0 Å². The van der Waals surface area contributed by atoms with E-state index < -0.39 is 0 Å². The maximum absolute atomic E-state index is 2.54. The van der Waals surface area contributed by atoms with Crippen molar-refractivity contribution in [3.05, 3.63) is 397 Å². The van der Waals surface area contributed by atoms with Crippen molar-refractivity contribution < 1.29 is 0 Å². The van der Waals surface area contributed by atoms with Gasteiger partial charge in [0.2, 0.25) is 0 Å². The van der Waals surface area contributed by atoms with Crippen LogP contribution in [0.15, 0.2) is 358 Å². The lowest BCUT2D eigenvalue weighted by molar-refractivity contribution is 0.374. The molecular formula is C120H120N2. The van der Waals surface area contributed by atoms with Crippen LogP contribution in [0, 0.1) is 0 Å². The molecular weight excluding hydrogens is 1470 g/mol. The molecule has 0 amide bonds. The van der Waals surface area contributed by atoms with Crippen LogP contribution >= 0.6 is 0 Å². The van der Waals surface area contributed by atoms with E-state index in [-0.39, 0.29) is 37.9 Å². The van der Waals surface area contributed by atoms with Gasteiger partial charge in [-0.05, 0) is 244 Å². The highest BCUT2D eigenvalue weighted by atomic mass is 15.2. The van der Waals surface area contributed by atoms with Crippen molar-refractivity contribution >= 4 is 55.7 Å². The van der Waals surface area contributed by atoms with Gasteiger partial charge < -0.3 is 9.80 Å². The van der Waals surface area contributed by atoms with Gasteiger partial charge in [0.25, 0.3) is 0 Å². The normalized spacial score (nSPS) is 12.5. The van der Waals surface area contributed by atoms with Crippen molar-refractivity contribution in [2.24, 2.45) is 0 Å². The summed E-state index contributed by atoms with van der Waals surface area (Å²) in [5, 5.41) is 4.91. The van der Waals surface area contributed by atoms with Gasteiger partial charge in [0, 0.05) is 33.8 Å². The van der Waals surface area contributed by atoms with Gasteiger partial charge in [-0.3, -0.25) is 0 Å². The minimum absolute atomic E-state index is 0.0448. The second kappa shape index (κ2) is 32.9. The summed E-state index contributed by atoms with van der Waals surface area (Å²) in [6, 6.07) is 135. The third-order valence-corrected chi connectivity index (χ3v) is 25.6. The topological polar surface area (TPSA) is 6.48 Å². The number of nitrogens with zero attached hydrogens (tertiary/aromatic N) is 2. The van der Waals surface area contributed by atoms with Gasteiger partial charge in [-0.2, -0.15) is 0 Å². The van der Waals surface area contributed by atoms with Crippen LogP contribution in [0.25, 0.3) is 111 Å². The molecule has 0 unspecified atom stereocenters. The highest BCUT2D eigenvalue weighted by molar-refractivity contribution is 6.11. The van der Waals surface area contributed by atoms with Crippen molar-refractivity contribution in [3.8, 4) is 89.0 Å². The number of benzene rings is 16. The molecule has 610 valence electrons. The molecule has 0 radical (unpaired) electrons. The molecule has 2 heteroatoms. The first-order valence-corrected chi connectivity index (χ1v) is 44.1. The minimum Gasteiger partial charge on any atom is -0.310 e. The second-order valence-electron chi connectivity index (χ2n) is 40.5. The van der Waals surface area contributed by atoms with Crippen LogP contribution in [-0.2, 0) is 37.9 Å². The molecule has 0 aliphatic carbocycles. The van der Waals surface area contributed by atoms with E-state index in [1.807, 2.05) is 0 Å². The molecule has 0 saturated heterocycles. The number of rotatable bonds is 19. The van der Waals surface area contributed by atoms with Crippen LogP contribution in [0.3, 0.4) is 0 Å². The molecule has 0 N–H and O–H groups in total. The molecule has 0 heterocycles. The fourth-order valence-electron chi connectivity index (χ4n) is 17.9. The summed E-state index contributed by atoms with van der Waals surface area (Å²) in [6.07, 6.45) is 1.94. The summed E-state index contributed by atoms with van der Waals surface area (Å²) < 4.78 is 0. The highest BCUT2D eigenvalue weighted by Gasteiger charge is 2.33. The first-order chi connectivity index (χ1) is 58.1. The Morgan fingerprint density at radius 2 is 0.475 bits per heavy atom. The number of para-hydroxylation sites is 4. The molecule has 2 nitrogen and oxygen atoms in total. The zero-order valence-corrected chi connectivity index (χ0v) is 75.4. The van der Waals surface area contributed by atoms with Crippen molar-refractivity contribution in [2.45, 2.75) is 182 Å². The third kappa shape index (κ3) is 17.2. The molecule has 0 spiro atoms. The van der Waals surface area contributed by atoms with Crippen molar-refractivity contribution in [3.63, 3.8) is 0 Å². The summed E-state index contributed by atoms with van der Waals surface area (Å²) in [5.74, 6) is 0. The Bertz CT molecular complexity index is 6400. The quantitative estimate of drug-likeness (QED) is 0.0796. The smallest absolute Gasteiger partial charge is 0.0540 e. The molecule has 122 heavy (non-hydrogen) atoms. The zero-order chi connectivity index (χ0) is 85.8. The standard InChI is InChI=1S/C120H120N2/c1-114(2,3)91-71-87(72-92(78-91)115(4,5)6)101-49-29-32-56-109(101)122(97-47-27-22-28-48-97)111-58-34-31-51-105(111)107-55-38-46-85-44-36-53-103(113(85)107)89-75-95(118(13,14)15)80-96(76-89)120(18,19)70-69-119(16,17)90-62-66-99(67-63-90)121(98-64-59-81(60-65-98)86-61-68-100(82-39-23-20-24-40-82)108(77-86)83-41-25-21-26-42-83)110-57-33-30-50-104(110)106-54-37-45-84-43-35-52-102(112(84)106)88-73-93(116(7,8)9)79-94(74-88)117(10,11)12/h20-68,71-80H,69-70H2,1-19H3. The molecule has 0 bridgehead atoms. The van der Waals surface area contributed by atoms with E-state index in [2.05, 4.69) is 499 Å². The van der Waals surface area contributed by atoms with Gasteiger partial charge in [0.1, 0.15) is 0 Å². The first kappa shape index (κ1) is 83.3. The maximum Gasteiger partial charge on any atom is 0.0540 e. The predicted molar refractivity (Wildman–Crippen MR) is 530 cm³/mol. The minimum atomic E-state index is -0.206. The van der Waals surface area contributed by atoms with E-state index in [4.69, 9.17) is 0 Å². The van der Waals surface area contributed by atoms with E-state index in [0.717, 1.165) is 58.1 Å². The van der Waals surface area contributed by atoms with E-state index in [0.29, 0.717) is 0 Å². The van der Waals surface area contributed by atoms with E-state index >= 15 is 0 Å². The van der Waals surface area contributed by atoms with E-state index in [1.165, 1.54) is 138 Å². The lowest BCUT2D eigenvalue weighted by Crippen LogP contribution is -2.25. The summed E-state index contributed by atoms with van der Waals surface area (Å²) in [5.41, 5.74) is 34.5. The monoisotopic (exact) mass is 1590 g/mol. The molecule has 0 fully saturated rings. The zero-order valence-electron chi connectivity index (χ0n) is 75.4. The Morgan fingerprint density at radius 3 is 0.902 bits per heavy atom. The Labute approximate surface area is 728 Å². The fraction of sp³-hybridized carbons (Fsp3) is 0.233. The van der Waals surface area contributed by atoms with Crippen molar-refractivity contribution in [2.75, 3.05) is 9.80 Å². The number of anilines is 6. The number of hydrogen-bond donors (Lipinski definition) is 0. The Morgan fingerprint density at radius 1 is 0.172 bits per heavy atom.